The van der Waals surface area contributed by atoms with Crippen LogP contribution in [-0.4, -0.2) is 41.5 Å². The van der Waals surface area contributed by atoms with Gasteiger partial charge in [-0.15, -0.1) is 0 Å². The molecule has 5 rings (SSSR count). The second kappa shape index (κ2) is 9.02. The van der Waals surface area contributed by atoms with E-state index in [1.165, 1.54) is 11.9 Å². The number of amides is 1. The van der Waals surface area contributed by atoms with Crippen molar-refractivity contribution < 1.29 is 9.53 Å². The lowest BCUT2D eigenvalue weighted by atomic mass is 10.1. The van der Waals surface area contributed by atoms with Crippen LogP contribution in [0.2, 0.25) is 0 Å². The first-order valence-corrected chi connectivity index (χ1v) is 11.3. The lowest BCUT2D eigenvalue weighted by molar-refractivity contribution is -0.122. The topological polar surface area (TPSA) is 99.7 Å². The monoisotopic (exact) mass is 467 g/mol. The molecule has 3 heterocycles. The van der Waals surface area contributed by atoms with Gasteiger partial charge in [0.25, 0.3) is 5.91 Å². The summed E-state index contributed by atoms with van der Waals surface area (Å²) in [4.78, 5) is 21.9. The fourth-order valence-electron chi connectivity index (χ4n) is 3.88. The van der Waals surface area contributed by atoms with Gasteiger partial charge in [-0.3, -0.25) is 4.79 Å². The number of ether oxygens (including phenoxy) is 1. The number of hydrogen-bond acceptors (Lipinski definition) is 6. The lowest BCUT2D eigenvalue weighted by Gasteiger charge is -2.15. The van der Waals surface area contributed by atoms with Crippen molar-refractivity contribution in [1.29, 1.82) is 0 Å². The number of carbonyl (C=O) groups excluding carboxylic acids is 1. The van der Waals surface area contributed by atoms with Gasteiger partial charge in [0.05, 0.1) is 23.0 Å². The zero-order valence-corrected chi connectivity index (χ0v) is 19.9. The van der Waals surface area contributed by atoms with Gasteiger partial charge in [0.1, 0.15) is 17.9 Å². The number of anilines is 1. The maximum absolute atomic E-state index is 12.9. The number of nitrogens with zero attached hydrogens (tertiary/aromatic N) is 6. The number of carbonyl (C=O) groups is 1. The molecule has 0 aliphatic rings. The maximum atomic E-state index is 12.9. The summed E-state index contributed by atoms with van der Waals surface area (Å²) in [5, 5.41) is 12.8. The quantitative estimate of drug-likeness (QED) is 0.399. The third-order valence-corrected chi connectivity index (χ3v) is 5.86. The molecule has 0 aliphatic heterocycles. The van der Waals surface area contributed by atoms with Crippen LogP contribution in [0, 0.1) is 20.8 Å². The van der Waals surface area contributed by atoms with Crippen molar-refractivity contribution in [3.05, 3.63) is 83.9 Å². The van der Waals surface area contributed by atoms with Crippen LogP contribution in [0.25, 0.3) is 22.5 Å². The van der Waals surface area contributed by atoms with Crippen LogP contribution < -0.4 is 10.1 Å². The highest BCUT2D eigenvalue weighted by molar-refractivity contribution is 5.94. The van der Waals surface area contributed by atoms with Crippen molar-refractivity contribution in [2.75, 3.05) is 5.32 Å². The molecule has 176 valence electrons. The Morgan fingerprint density at radius 1 is 1.00 bits per heavy atom. The highest BCUT2D eigenvalue weighted by Gasteiger charge is 2.21. The van der Waals surface area contributed by atoms with Crippen molar-refractivity contribution >= 4 is 22.8 Å². The summed E-state index contributed by atoms with van der Waals surface area (Å²) in [6, 6.07) is 17.1. The van der Waals surface area contributed by atoms with E-state index in [4.69, 9.17) is 4.74 Å². The van der Waals surface area contributed by atoms with E-state index in [2.05, 4.69) is 45.4 Å². The molecule has 0 saturated carbocycles. The average Bonchev–Trinajstić information content (AvgIpc) is 3.44. The molecule has 1 amide bonds. The predicted octanol–water partition coefficient (Wildman–Crippen LogP) is 4.33. The Balaban J connectivity index is 1.49. The molecule has 0 spiro atoms. The first kappa shape index (κ1) is 22.3. The number of aromatic nitrogens is 6. The summed E-state index contributed by atoms with van der Waals surface area (Å²) in [7, 11) is 0. The Bertz CT molecular complexity index is 1520. The zero-order valence-electron chi connectivity index (χ0n) is 19.9. The summed E-state index contributed by atoms with van der Waals surface area (Å²) in [6.45, 7) is 7.68. The van der Waals surface area contributed by atoms with Gasteiger partial charge in [0, 0.05) is 6.07 Å². The van der Waals surface area contributed by atoms with Gasteiger partial charge in [-0.2, -0.15) is 14.9 Å². The van der Waals surface area contributed by atoms with Crippen LogP contribution in [0.15, 0.2) is 67.1 Å². The first-order chi connectivity index (χ1) is 16.9. The second-order valence-corrected chi connectivity index (χ2v) is 8.36. The van der Waals surface area contributed by atoms with Crippen molar-refractivity contribution in [3.8, 4) is 17.3 Å². The molecule has 3 aromatic heterocycles. The predicted molar refractivity (Wildman–Crippen MR) is 133 cm³/mol. The van der Waals surface area contributed by atoms with Crippen LogP contribution in [0.4, 0.5) is 5.82 Å². The Labute approximate surface area is 202 Å². The average molecular weight is 468 g/mol. The van der Waals surface area contributed by atoms with Gasteiger partial charge in [-0.1, -0.05) is 30.3 Å². The summed E-state index contributed by atoms with van der Waals surface area (Å²) in [5.74, 6) is 1.32. The van der Waals surface area contributed by atoms with E-state index in [1.54, 1.807) is 28.6 Å². The summed E-state index contributed by atoms with van der Waals surface area (Å²) < 4.78 is 9.16. The molecule has 0 bridgehead atoms. The van der Waals surface area contributed by atoms with Crippen LogP contribution in [0.3, 0.4) is 0 Å². The van der Waals surface area contributed by atoms with Crippen molar-refractivity contribution in [2.24, 2.45) is 0 Å². The summed E-state index contributed by atoms with van der Waals surface area (Å²) >= 11 is 0. The largest absolute Gasteiger partial charge is 0.481 e. The smallest absolute Gasteiger partial charge is 0.266 e. The first-order valence-electron chi connectivity index (χ1n) is 11.3. The van der Waals surface area contributed by atoms with Crippen molar-refractivity contribution in [2.45, 2.75) is 33.8 Å². The maximum Gasteiger partial charge on any atom is 0.266 e. The summed E-state index contributed by atoms with van der Waals surface area (Å²) in [5.41, 5.74) is 4.61. The highest BCUT2D eigenvalue weighted by Crippen LogP contribution is 2.26. The third kappa shape index (κ3) is 4.23. The molecule has 1 unspecified atom stereocenters. The Hall–Kier alpha value is -4.53. The molecule has 5 aromatic rings. The van der Waals surface area contributed by atoms with Gasteiger partial charge in [0.2, 0.25) is 0 Å². The fourth-order valence-corrected chi connectivity index (χ4v) is 3.88. The van der Waals surface area contributed by atoms with Crippen molar-refractivity contribution in [1.82, 2.24) is 29.5 Å². The minimum atomic E-state index is -0.710. The van der Waals surface area contributed by atoms with Crippen molar-refractivity contribution in [3.63, 3.8) is 0 Å². The number of benzene rings is 2. The normalized spacial score (nSPS) is 12.0. The fraction of sp³-hybridized carbons (Fsp3) is 0.192. The molecule has 1 N–H and O–H groups in total. The molecule has 2 aromatic carbocycles. The second-order valence-electron chi connectivity index (χ2n) is 8.36. The third-order valence-electron chi connectivity index (χ3n) is 5.86. The Morgan fingerprint density at radius 2 is 1.80 bits per heavy atom. The molecule has 0 aliphatic carbocycles. The molecule has 1 atom stereocenters. The molecular weight excluding hydrogens is 442 g/mol. The van der Waals surface area contributed by atoms with Crippen LogP contribution in [-0.2, 0) is 4.79 Å². The van der Waals surface area contributed by atoms with Crippen LogP contribution >= 0.6 is 0 Å². The van der Waals surface area contributed by atoms with Gasteiger partial charge in [-0.25, -0.2) is 14.6 Å². The summed E-state index contributed by atoms with van der Waals surface area (Å²) in [6.07, 6.45) is 2.49. The number of aryl methyl sites for hydroxylation is 2. The minimum Gasteiger partial charge on any atom is -0.481 e. The highest BCUT2D eigenvalue weighted by atomic mass is 16.5. The van der Waals surface area contributed by atoms with Crippen LogP contribution in [0.5, 0.6) is 5.75 Å². The van der Waals surface area contributed by atoms with Gasteiger partial charge >= 0.3 is 0 Å². The minimum absolute atomic E-state index is 0.300. The molecule has 0 fully saturated rings. The number of nitrogens with one attached hydrogen (secondary N) is 1. The van der Waals surface area contributed by atoms with Gasteiger partial charge in [0.15, 0.2) is 17.6 Å². The van der Waals surface area contributed by atoms with E-state index >= 15 is 0 Å². The number of rotatable bonds is 6. The van der Waals surface area contributed by atoms with E-state index in [0.29, 0.717) is 28.4 Å². The van der Waals surface area contributed by atoms with Crippen LogP contribution in [0.1, 0.15) is 23.7 Å². The number of fused-ring (bicyclic) bond motifs is 1. The standard InChI is InChI=1S/C26H25N7O2/c1-16-9-8-12-22(18(16)3)32-24-21(14-29-32)25(28-15-27-24)33-23(13-17(2)31-33)30-26(34)19(4)35-20-10-6-5-7-11-20/h5-15,19H,1-4H3,(H,30,34). The van der Waals surface area contributed by atoms with Gasteiger partial charge in [-0.05, 0) is 57.0 Å². The number of hydrogen-bond donors (Lipinski definition) is 1. The molecule has 9 nitrogen and oxygen atoms in total. The molecule has 0 saturated heterocycles. The number of para-hydroxylation sites is 1. The lowest BCUT2D eigenvalue weighted by Crippen LogP contribution is -2.31. The van der Waals surface area contributed by atoms with E-state index in [9.17, 15) is 4.79 Å². The Morgan fingerprint density at radius 3 is 2.60 bits per heavy atom. The molecule has 9 heteroatoms. The molecule has 35 heavy (non-hydrogen) atoms. The van der Waals surface area contributed by atoms with E-state index in [0.717, 1.165) is 16.9 Å². The Kier molecular flexibility index (Phi) is 5.74. The van der Waals surface area contributed by atoms with Gasteiger partial charge < -0.3 is 10.1 Å². The SMILES string of the molecule is Cc1cc(NC(=O)C(C)Oc2ccccc2)n(-c2ncnc3c2cnn3-c2cccc(C)c2C)n1. The van der Waals surface area contributed by atoms with E-state index < -0.39 is 6.10 Å². The molecular formula is C26H25N7O2. The zero-order chi connectivity index (χ0) is 24.5. The van der Waals surface area contributed by atoms with E-state index in [-0.39, 0.29) is 5.91 Å². The van der Waals surface area contributed by atoms with E-state index in [1.807, 2.05) is 49.4 Å². The molecule has 0 radical (unpaired) electrons.